The lowest BCUT2D eigenvalue weighted by atomic mass is 9.95. The quantitative estimate of drug-likeness (QED) is 0.504. The van der Waals surface area contributed by atoms with Gasteiger partial charge in [-0.25, -0.2) is 4.79 Å². The second-order valence-electron chi connectivity index (χ2n) is 6.53. The van der Waals surface area contributed by atoms with Crippen molar-refractivity contribution in [1.29, 1.82) is 0 Å². The van der Waals surface area contributed by atoms with Gasteiger partial charge in [0.1, 0.15) is 5.00 Å². The third-order valence-corrected chi connectivity index (χ3v) is 5.68. The Balaban J connectivity index is 1.67. The summed E-state index contributed by atoms with van der Waals surface area (Å²) in [6, 6.07) is 3.17. The number of anilines is 1. The molecule has 154 valence electrons. The molecule has 2 aromatic heterocycles. The van der Waals surface area contributed by atoms with Gasteiger partial charge in [0.2, 0.25) is 0 Å². The Hall–Kier alpha value is -2.78. The number of hydrogen-bond acceptors (Lipinski definition) is 7. The monoisotopic (exact) mass is 417 g/mol. The van der Waals surface area contributed by atoms with Crippen molar-refractivity contribution in [3.05, 3.63) is 46.1 Å². The maximum absolute atomic E-state index is 12.7. The van der Waals surface area contributed by atoms with Gasteiger partial charge in [0.05, 0.1) is 17.7 Å². The molecule has 29 heavy (non-hydrogen) atoms. The van der Waals surface area contributed by atoms with E-state index in [9.17, 15) is 14.4 Å². The highest BCUT2D eigenvalue weighted by atomic mass is 32.1. The number of hydrogen-bond donors (Lipinski definition) is 2. The number of nitrogens with zero attached hydrogens (tertiary/aromatic N) is 1. The molecule has 2 N–H and O–H groups in total. The van der Waals surface area contributed by atoms with Crippen LogP contribution in [0.4, 0.5) is 5.00 Å². The molecule has 0 atom stereocenters. The Morgan fingerprint density at radius 3 is 2.83 bits per heavy atom. The SMILES string of the molecule is COCCNC(=O)c1c(NC(=O)COC(=O)c2cccnc2)sc2c1CCCC2. The van der Waals surface area contributed by atoms with Crippen molar-refractivity contribution in [2.45, 2.75) is 25.7 Å². The topological polar surface area (TPSA) is 107 Å². The van der Waals surface area contributed by atoms with Crippen molar-refractivity contribution >= 4 is 34.1 Å². The van der Waals surface area contributed by atoms with Crippen molar-refractivity contribution < 1.29 is 23.9 Å². The number of carbonyl (C=O) groups is 3. The number of carbonyl (C=O) groups excluding carboxylic acids is 3. The predicted octanol–water partition coefficient (Wildman–Crippen LogP) is 2.19. The van der Waals surface area contributed by atoms with Crippen molar-refractivity contribution in [2.24, 2.45) is 0 Å². The maximum Gasteiger partial charge on any atom is 0.340 e. The molecule has 2 amide bonds. The number of amides is 2. The summed E-state index contributed by atoms with van der Waals surface area (Å²) in [5.41, 5.74) is 1.77. The number of esters is 1. The number of methoxy groups -OCH3 is 1. The minimum Gasteiger partial charge on any atom is -0.452 e. The first-order chi connectivity index (χ1) is 14.1. The van der Waals surface area contributed by atoms with Gasteiger partial charge in [0, 0.05) is 30.9 Å². The van der Waals surface area contributed by atoms with Crippen LogP contribution >= 0.6 is 11.3 Å². The first-order valence-corrected chi connectivity index (χ1v) is 10.2. The highest BCUT2D eigenvalue weighted by Crippen LogP contribution is 2.38. The lowest BCUT2D eigenvalue weighted by molar-refractivity contribution is -0.119. The van der Waals surface area contributed by atoms with Gasteiger partial charge in [-0.2, -0.15) is 0 Å². The van der Waals surface area contributed by atoms with E-state index in [0.29, 0.717) is 23.7 Å². The molecule has 0 aliphatic heterocycles. The van der Waals surface area contributed by atoms with Crippen LogP contribution in [-0.2, 0) is 27.1 Å². The molecule has 1 aliphatic rings. The fourth-order valence-electron chi connectivity index (χ4n) is 3.11. The Morgan fingerprint density at radius 1 is 1.24 bits per heavy atom. The average Bonchev–Trinajstić information content (AvgIpc) is 3.10. The van der Waals surface area contributed by atoms with Crippen LogP contribution in [0.2, 0.25) is 0 Å². The Labute approximate surface area is 172 Å². The molecule has 0 saturated carbocycles. The first-order valence-electron chi connectivity index (χ1n) is 9.38. The molecule has 0 spiro atoms. The van der Waals surface area contributed by atoms with Crippen LogP contribution < -0.4 is 10.6 Å². The zero-order valence-corrected chi connectivity index (χ0v) is 17.0. The minimum atomic E-state index is -0.628. The molecule has 3 rings (SSSR count). The number of aryl methyl sites for hydroxylation is 1. The lowest BCUT2D eigenvalue weighted by Gasteiger charge is -2.13. The number of ether oxygens (including phenoxy) is 2. The highest BCUT2D eigenvalue weighted by molar-refractivity contribution is 7.17. The second kappa shape index (κ2) is 10.1. The second-order valence-corrected chi connectivity index (χ2v) is 7.63. The highest BCUT2D eigenvalue weighted by Gasteiger charge is 2.26. The molecule has 0 saturated heterocycles. The number of pyridine rings is 1. The summed E-state index contributed by atoms with van der Waals surface area (Å²) in [5.74, 6) is -1.35. The molecule has 0 aromatic carbocycles. The molecule has 2 aromatic rings. The summed E-state index contributed by atoms with van der Waals surface area (Å²) >= 11 is 1.41. The van der Waals surface area contributed by atoms with Crippen LogP contribution in [-0.4, -0.2) is 49.6 Å². The molecule has 0 radical (unpaired) electrons. The van der Waals surface area contributed by atoms with Gasteiger partial charge in [-0.05, 0) is 43.4 Å². The Morgan fingerprint density at radius 2 is 2.07 bits per heavy atom. The van der Waals surface area contributed by atoms with Crippen LogP contribution in [0.15, 0.2) is 24.5 Å². The summed E-state index contributed by atoms with van der Waals surface area (Å²) in [7, 11) is 1.57. The van der Waals surface area contributed by atoms with Gasteiger partial charge in [0.15, 0.2) is 6.61 Å². The van der Waals surface area contributed by atoms with E-state index >= 15 is 0 Å². The van der Waals surface area contributed by atoms with E-state index in [4.69, 9.17) is 9.47 Å². The molecule has 1 aliphatic carbocycles. The first kappa shape index (κ1) is 20.9. The lowest BCUT2D eigenvalue weighted by Crippen LogP contribution is -2.29. The van der Waals surface area contributed by atoms with E-state index in [1.807, 2.05) is 0 Å². The third-order valence-electron chi connectivity index (χ3n) is 4.47. The van der Waals surface area contributed by atoms with Gasteiger partial charge in [0.25, 0.3) is 11.8 Å². The molecule has 0 bridgehead atoms. The zero-order chi connectivity index (χ0) is 20.6. The van der Waals surface area contributed by atoms with E-state index in [-0.39, 0.29) is 11.5 Å². The molecule has 0 unspecified atom stereocenters. The Bertz CT molecular complexity index is 882. The summed E-state index contributed by atoms with van der Waals surface area (Å²) in [5, 5.41) is 6.06. The number of rotatable bonds is 8. The normalized spacial score (nSPS) is 12.7. The molecule has 2 heterocycles. The molecular formula is C20H23N3O5S. The van der Waals surface area contributed by atoms with Gasteiger partial charge in [-0.3, -0.25) is 14.6 Å². The number of nitrogens with one attached hydrogen (secondary N) is 2. The fourth-order valence-corrected chi connectivity index (χ4v) is 4.41. The summed E-state index contributed by atoms with van der Waals surface area (Å²) in [6.45, 7) is 0.348. The van der Waals surface area contributed by atoms with E-state index in [2.05, 4.69) is 15.6 Å². The maximum atomic E-state index is 12.7. The van der Waals surface area contributed by atoms with Crippen molar-refractivity contribution in [1.82, 2.24) is 10.3 Å². The zero-order valence-electron chi connectivity index (χ0n) is 16.2. The van der Waals surface area contributed by atoms with E-state index in [1.54, 1.807) is 25.4 Å². The van der Waals surface area contributed by atoms with Gasteiger partial charge < -0.3 is 20.1 Å². The predicted molar refractivity (Wildman–Crippen MR) is 108 cm³/mol. The summed E-state index contributed by atoms with van der Waals surface area (Å²) < 4.78 is 10.0. The fraction of sp³-hybridized carbons (Fsp3) is 0.400. The van der Waals surface area contributed by atoms with Gasteiger partial charge in [-0.1, -0.05) is 0 Å². The summed E-state index contributed by atoms with van der Waals surface area (Å²) in [4.78, 5) is 42.0. The molecule has 0 fully saturated rings. The summed E-state index contributed by atoms with van der Waals surface area (Å²) in [6.07, 6.45) is 6.69. The molecular weight excluding hydrogens is 394 g/mol. The van der Waals surface area contributed by atoms with Crippen LogP contribution in [0, 0.1) is 0 Å². The number of thiophene rings is 1. The largest absolute Gasteiger partial charge is 0.452 e. The average molecular weight is 417 g/mol. The van der Waals surface area contributed by atoms with Crippen LogP contribution in [0.25, 0.3) is 0 Å². The standard InChI is InChI=1S/C20H23N3O5S/c1-27-10-9-22-18(25)17-14-6-2-3-7-15(14)29-19(17)23-16(24)12-28-20(26)13-5-4-8-21-11-13/h4-5,8,11H,2-3,6-7,9-10,12H2,1H3,(H,22,25)(H,23,24). The van der Waals surface area contributed by atoms with Crippen molar-refractivity contribution in [3.63, 3.8) is 0 Å². The molecule has 8 nitrogen and oxygen atoms in total. The van der Waals surface area contributed by atoms with Crippen LogP contribution in [0.5, 0.6) is 0 Å². The van der Waals surface area contributed by atoms with Crippen molar-refractivity contribution in [2.75, 3.05) is 32.2 Å². The van der Waals surface area contributed by atoms with Gasteiger partial charge >= 0.3 is 5.97 Å². The van der Waals surface area contributed by atoms with Crippen LogP contribution in [0.1, 0.15) is 44.0 Å². The minimum absolute atomic E-state index is 0.232. The van der Waals surface area contributed by atoms with Crippen LogP contribution in [0.3, 0.4) is 0 Å². The van der Waals surface area contributed by atoms with Gasteiger partial charge in [-0.15, -0.1) is 11.3 Å². The van der Waals surface area contributed by atoms with E-state index < -0.39 is 18.5 Å². The van der Waals surface area contributed by atoms with E-state index in [0.717, 1.165) is 36.1 Å². The number of aromatic nitrogens is 1. The smallest absolute Gasteiger partial charge is 0.340 e. The van der Waals surface area contributed by atoms with Crippen molar-refractivity contribution in [3.8, 4) is 0 Å². The molecule has 9 heteroatoms. The van der Waals surface area contributed by atoms with E-state index in [1.165, 1.54) is 17.5 Å². The third kappa shape index (κ3) is 5.39. The Kier molecular flexibility index (Phi) is 7.31. The number of fused-ring (bicyclic) bond motifs is 1.